The summed E-state index contributed by atoms with van der Waals surface area (Å²) in [4.78, 5) is 16.5. The number of hydrogen-bond acceptors (Lipinski definition) is 6. The summed E-state index contributed by atoms with van der Waals surface area (Å²) in [5.41, 5.74) is 1.91. The molecule has 1 aromatic carbocycles. The van der Waals surface area contributed by atoms with Crippen molar-refractivity contribution in [1.29, 1.82) is 0 Å². The zero-order valence-corrected chi connectivity index (χ0v) is 18.0. The molecule has 0 radical (unpaired) electrons. The predicted octanol–water partition coefficient (Wildman–Crippen LogP) is 2.92. The summed E-state index contributed by atoms with van der Waals surface area (Å²) >= 11 is 1.51. The van der Waals surface area contributed by atoms with Crippen molar-refractivity contribution in [2.45, 2.75) is 29.7 Å². The molecule has 156 valence electrons. The molecular weight excluding hydrogens is 410 g/mol. The molecule has 0 aliphatic carbocycles. The normalized spacial score (nSPS) is 15.2. The van der Waals surface area contributed by atoms with Gasteiger partial charge in [-0.1, -0.05) is 12.1 Å². The highest BCUT2D eigenvalue weighted by Gasteiger charge is 2.26. The van der Waals surface area contributed by atoms with Gasteiger partial charge in [-0.2, -0.15) is 4.31 Å². The van der Waals surface area contributed by atoms with Crippen LogP contribution in [0.15, 0.2) is 52.5 Å². The third-order valence-corrected chi connectivity index (χ3v) is 7.33. The standard InChI is InChI=1S/C20H25N3O4S2/c1-16-4-2-5-17(14-16)22-19(24)6-3-13-28-20-8-7-18(15-21-20)29(25,26)23-9-11-27-12-10-23/h2,4-5,7-8,14-15H,3,6,9-13H2,1H3,(H,22,24). The van der Waals surface area contributed by atoms with Gasteiger partial charge in [-0.05, 0) is 48.9 Å². The molecule has 0 saturated carbocycles. The monoisotopic (exact) mass is 435 g/mol. The van der Waals surface area contributed by atoms with Crippen LogP contribution in [-0.4, -0.2) is 55.7 Å². The van der Waals surface area contributed by atoms with Crippen molar-refractivity contribution in [3.8, 4) is 0 Å². The van der Waals surface area contributed by atoms with E-state index in [1.165, 1.54) is 22.3 Å². The Kier molecular flexibility index (Phi) is 7.65. The van der Waals surface area contributed by atoms with E-state index in [9.17, 15) is 13.2 Å². The summed E-state index contributed by atoms with van der Waals surface area (Å²) < 4.78 is 31.8. The van der Waals surface area contributed by atoms with E-state index in [4.69, 9.17) is 4.74 Å². The summed E-state index contributed by atoms with van der Waals surface area (Å²) in [6.45, 7) is 3.54. The van der Waals surface area contributed by atoms with Crippen molar-refractivity contribution >= 4 is 33.4 Å². The molecule has 0 atom stereocenters. The Morgan fingerprint density at radius 1 is 1.24 bits per heavy atom. The molecule has 0 bridgehead atoms. The van der Waals surface area contributed by atoms with Crippen LogP contribution in [-0.2, 0) is 19.6 Å². The van der Waals surface area contributed by atoms with Crippen LogP contribution in [0.3, 0.4) is 0 Å². The number of nitrogens with zero attached hydrogens (tertiary/aromatic N) is 2. The Hall–Kier alpha value is -1.94. The maximum atomic E-state index is 12.6. The molecule has 1 saturated heterocycles. The number of aryl methyl sites for hydroxylation is 1. The largest absolute Gasteiger partial charge is 0.379 e. The summed E-state index contributed by atoms with van der Waals surface area (Å²) in [5, 5.41) is 3.63. The van der Waals surface area contributed by atoms with Gasteiger partial charge in [-0.25, -0.2) is 13.4 Å². The second-order valence-electron chi connectivity index (χ2n) is 6.72. The quantitative estimate of drug-likeness (QED) is 0.507. The maximum absolute atomic E-state index is 12.6. The van der Waals surface area contributed by atoms with Gasteiger partial charge in [-0.3, -0.25) is 4.79 Å². The summed E-state index contributed by atoms with van der Waals surface area (Å²) in [6, 6.07) is 11.0. The van der Waals surface area contributed by atoms with Crippen molar-refractivity contribution in [3.63, 3.8) is 0 Å². The second kappa shape index (κ2) is 10.2. The number of thioether (sulfide) groups is 1. The first-order valence-corrected chi connectivity index (χ1v) is 11.9. The number of rotatable bonds is 8. The predicted molar refractivity (Wildman–Crippen MR) is 114 cm³/mol. The Labute approximate surface area is 175 Å². The molecule has 0 spiro atoms. The van der Waals surface area contributed by atoms with Crippen molar-refractivity contribution < 1.29 is 17.9 Å². The van der Waals surface area contributed by atoms with E-state index in [0.717, 1.165) is 22.0 Å². The van der Waals surface area contributed by atoms with Crippen LogP contribution < -0.4 is 5.32 Å². The van der Waals surface area contributed by atoms with E-state index in [2.05, 4.69) is 10.3 Å². The number of ether oxygens (including phenoxy) is 1. The zero-order chi connectivity index (χ0) is 20.7. The molecule has 1 aliphatic heterocycles. The molecular formula is C20H25N3O4S2. The highest BCUT2D eigenvalue weighted by atomic mass is 32.2. The third kappa shape index (κ3) is 6.27. The number of morpholine rings is 1. The number of hydrogen-bond donors (Lipinski definition) is 1. The first-order chi connectivity index (χ1) is 13.9. The smallest absolute Gasteiger partial charge is 0.244 e. The van der Waals surface area contributed by atoms with Gasteiger partial charge in [0.2, 0.25) is 15.9 Å². The molecule has 3 rings (SSSR count). The molecule has 1 amide bonds. The number of benzene rings is 1. The van der Waals surface area contributed by atoms with Gasteiger partial charge in [0.15, 0.2) is 0 Å². The second-order valence-corrected chi connectivity index (χ2v) is 9.77. The number of nitrogens with one attached hydrogen (secondary N) is 1. The topological polar surface area (TPSA) is 88.6 Å². The van der Waals surface area contributed by atoms with E-state index in [-0.39, 0.29) is 10.8 Å². The molecule has 7 nitrogen and oxygen atoms in total. The van der Waals surface area contributed by atoms with E-state index >= 15 is 0 Å². The van der Waals surface area contributed by atoms with Crippen LogP contribution in [0.1, 0.15) is 18.4 Å². The van der Waals surface area contributed by atoms with Gasteiger partial charge in [0, 0.05) is 31.4 Å². The average Bonchev–Trinajstić information content (AvgIpc) is 2.72. The average molecular weight is 436 g/mol. The van der Waals surface area contributed by atoms with E-state index in [1.54, 1.807) is 12.1 Å². The van der Waals surface area contributed by atoms with Crippen molar-refractivity contribution in [2.24, 2.45) is 0 Å². The van der Waals surface area contributed by atoms with Crippen molar-refractivity contribution in [2.75, 3.05) is 37.4 Å². The first kappa shape index (κ1) is 21.8. The van der Waals surface area contributed by atoms with Gasteiger partial charge >= 0.3 is 0 Å². The highest BCUT2D eigenvalue weighted by Crippen LogP contribution is 2.21. The minimum absolute atomic E-state index is 0.0175. The molecule has 1 N–H and O–H groups in total. The maximum Gasteiger partial charge on any atom is 0.244 e. The van der Waals surface area contributed by atoms with E-state index in [0.29, 0.717) is 39.1 Å². The number of pyridine rings is 1. The first-order valence-electron chi connectivity index (χ1n) is 9.48. The lowest BCUT2D eigenvalue weighted by Crippen LogP contribution is -2.40. The fourth-order valence-corrected chi connectivity index (χ4v) is 5.04. The van der Waals surface area contributed by atoms with Crippen LogP contribution in [0.2, 0.25) is 0 Å². The van der Waals surface area contributed by atoms with Crippen LogP contribution in [0.5, 0.6) is 0 Å². The van der Waals surface area contributed by atoms with Crippen LogP contribution in [0, 0.1) is 6.92 Å². The summed E-state index contributed by atoms with van der Waals surface area (Å²) in [5.74, 6) is 0.709. The minimum Gasteiger partial charge on any atom is -0.379 e. The number of amides is 1. The lowest BCUT2D eigenvalue weighted by molar-refractivity contribution is -0.116. The summed E-state index contributed by atoms with van der Waals surface area (Å²) in [6.07, 6.45) is 2.53. The Bertz CT molecular complexity index is 927. The van der Waals surface area contributed by atoms with Crippen LogP contribution in [0.4, 0.5) is 5.69 Å². The molecule has 1 aliphatic rings. The zero-order valence-electron chi connectivity index (χ0n) is 16.3. The molecule has 1 fully saturated rings. The number of sulfonamides is 1. The van der Waals surface area contributed by atoms with Gasteiger partial charge in [0.25, 0.3) is 0 Å². The number of carbonyl (C=O) groups is 1. The van der Waals surface area contributed by atoms with Gasteiger partial charge in [0.1, 0.15) is 4.90 Å². The van der Waals surface area contributed by atoms with E-state index in [1.807, 2.05) is 31.2 Å². The van der Waals surface area contributed by atoms with Crippen molar-refractivity contribution in [1.82, 2.24) is 9.29 Å². The van der Waals surface area contributed by atoms with Gasteiger partial charge in [-0.15, -0.1) is 11.8 Å². The summed E-state index contributed by atoms with van der Waals surface area (Å²) in [7, 11) is -3.52. The fourth-order valence-electron chi connectivity index (χ4n) is 2.90. The molecule has 2 heterocycles. The third-order valence-electron chi connectivity index (χ3n) is 4.42. The van der Waals surface area contributed by atoms with Crippen molar-refractivity contribution in [3.05, 3.63) is 48.2 Å². The van der Waals surface area contributed by atoms with Crippen LogP contribution in [0.25, 0.3) is 0 Å². The lowest BCUT2D eigenvalue weighted by atomic mass is 10.2. The number of anilines is 1. The van der Waals surface area contributed by atoms with Gasteiger partial charge in [0.05, 0.1) is 18.2 Å². The fraction of sp³-hybridized carbons (Fsp3) is 0.400. The SMILES string of the molecule is Cc1cccc(NC(=O)CCCSc2ccc(S(=O)(=O)N3CCOCC3)cn2)c1. The molecule has 9 heteroatoms. The van der Waals surface area contributed by atoms with E-state index < -0.39 is 10.0 Å². The lowest BCUT2D eigenvalue weighted by Gasteiger charge is -2.25. The molecule has 0 unspecified atom stereocenters. The number of carbonyl (C=O) groups excluding carboxylic acids is 1. The molecule has 1 aromatic heterocycles. The molecule has 29 heavy (non-hydrogen) atoms. The number of aromatic nitrogens is 1. The molecule has 2 aromatic rings. The Morgan fingerprint density at radius 2 is 2.03 bits per heavy atom. The Balaban J connectivity index is 1.43. The Morgan fingerprint density at radius 3 is 2.72 bits per heavy atom. The van der Waals surface area contributed by atoms with Crippen LogP contribution >= 0.6 is 11.8 Å². The minimum atomic E-state index is -3.52. The highest BCUT2D eigenvalue weighted by molar-refractivity contribution is 7.99. The van der Waals surface area contributed by atoms with Gasteiger partial charge < -0.3 is 10.1 Å².